The molecule has 5 heteroatoms. The number of pyridine rings is 1. The normalized spacial score (nSPS) is 22.5. The van der Waals surface area contributed by atoms with Crippen molar-refractivity contribution in [3.63, 3.8) is 0 Å². The van der Waals surface area contributed by atoms with Gasteiger partial charge < -0.3 is 15.0 Å². The summed E-state index contributed by atoms with van der Waals surface area (Å²) in [4.78, 5) is 18.3. The molecule has 1 N–H and O–H groups in total. The summed E-state index contributed by atoms with van der Waals surface area (Å²) in [7, 11) is 0. The lowest BCUT2D eigenvalue weighted by molar-refractivity contribution is 0.181. The SMILES string of the molecule is Cc1ccc(OC2CCN(C(=O)NC3CCCC3)C2)nc1. The lowest BCUT2D eigenvalue weighted by Gasteiger charge is -2.20. The topological polar surface area (TPSA) is 54.5 Å². The van der Waals surface area contributed by atoms with Gasteiger partial charge in [-0.05, 0) is 25.3 Å². The van der Waals surface area contributed by atoms with Crippen molar-refractivity contribution in [2.45, 2.75) is 51.2 Å². The van der Waals surface area contributed by atoms with Crippen LogP contribution in [0.15, 0.2) is 18.3 Å². The number of carbonyl (C=O) groups excluding carboxylic acids is 1. The number of nitrogens with one attached hydrogen (secondary N) is 1. The van der Waals surface area contributed by atoms with Crippen LogP contribution in [0.4, 0.5) is 4.79 Å². The second kappa shape index (κ2) is 6.33. The van der Waals surface area contributed by atoms with Gasteiger partial charge in [0.15, 0.2) is 0 Å². The van der Waals surface area contributed by atoms with E-state index < -0.39 is 0 Å². The second-order valence-corrected chi connectivity index (χ2v) is 6.08. The number of likely N-dealkylation sites (tertiary alicyclic amines) is 1. The molecule has 0 aromatic carbocycles. The number of carbonyl (C=O) groups is 1. The molecule has 114 valence electrons. The summed E-state index contributed by atoms with van der Waals surface area (Å²) in [6.45, 7) is 3.41. The maximum Gasteiger partial charge on any atom is 0.317 e. The van der Waals surface area contributed by atoms with Crippen molar-refractivity contribution in [2.24, 2.45) is 0 Å². The van der Waals surface area contributed by atoms with E-state index in [0.29, 0.717) is 18.5 Å². The van der Waals surface area contributed by atoms with Gasteiger partial charge in [0, 0.05) is 31.3 Å². The monoisotopic (exact) mass is 289 g/mol. The highest BCUT2D eigenvalue weighted by Gasteiger charge is 2.29. The molecule has 0 spiro atoms. The van der Waals surface area contributed by atoms with Crippen molar-refractivity contribution in [1.82, 2.24) is 15.2 Å². The van der Waals surface area contributed by atoms with Crippen molar-refractivity contribution in [1.29, 1.82) is 0 Å². The summed E-state index contributed by atoms with van der Waals surface area (Å²) in [6.07, 6.45) is 7.42. The minimum atomic E-state index is 0.0505. The Labute approximate surface area is 125 Å². The molecule has 1 atom stereocenters. The van der Waals surface area contributed by atoms with Crippen LogP contribution >= 0.6 is 0 Å². The van der Waals surface area contributed by atoms with E-state index in [1.54, 1.807) is 6.20 Å². The minimum absolute atomic E-state index is 0.0505. The van der Waals surface area contributed by atoms with Crippen molar-refractivity contribution < 1.29 is 9.53 Å². The third-order valence-corrected chi connectivity index (χ3v) is 4.29. The number of ether oxygens (including phenoxy) is 1. The van der Waals surface area contributed by atoms with E-state index in [1.807, 2.05) is 24.0 Å². The molecule has 1 saturated heterocycles. The van der Waals surface area contributed by atoms with Gasteiger partial charge in [-0.1, -0.05) is 18.9 Å². The molecule has 1 aliphatic heterocycles. The van der Waals surface area contributed by atoms with Crippen LogP contribution in [0, 0.1) is 6.92 Å². The summed E-state index contributed by atoms with van der Waals surface area (Å²) in [5.41, 5.74) is 1.12. The summed E-state index contributed by atoms with van der Waals surface area (Å²) in [5.74, 6) is 0.642. The summed E-state index contributed by atoms with van der Waals surface area (Å²) < 4.78 is 5.85. The molecule has 1 aliphatic carbocycles. The minimum Gasteiger partial charge on any atom is -0.472 e. The van der Waals surface area contributed by atoms with Crippen molar-refractivity contribution >= 4 is 6.03 Å². The molecular weight excluding hydrogens is 266 g/mol. The van der Waals surface area contributed by atoms with E-state index in [4.69, 9.17) is 4.74 Å². The van der Waals surface area contributed by atoms with E-state index in [9.17, 15) is 4.79 Å². The van der Waals surface area contributed by atoms with Gasteiger partial charge in [-0.25, -0.2) is 9.78 Å². The van der Waals surface area contributed by atoms with Crippen LogP contribution in [0.2, 0.25) is 0 Å². The maximum absolute atomic E-state index is 12.2. The van der Waals surface area contributed by atoms with Crippen LogP contribution in [0.25, 0.3) is 0 Å². The summed E-state index contributed by atoms with van der Waals surface area (Å²) >= 11 is 0. The molecule has 21 heavy (non-hydrogen) atoms. The van der Waals surface area contributed by atoms with Gasteiger partial charge in [0.05, 0.1) is 6.54 Å². The Kier molecular flexibility index (Phi) is 4.27. The maximum atomic E-state index is 12.2. The van der Waals surface area contributed by atoms with Crippen LogP contribution in [-0.2, 0) is 0 Å². The zero-order valence-electron chi connectivity index (χ0n) is 12.5. The molecule has 2 amide bonds. The van der Waals surface area contributed by atoms with E-state index >= 15 is 0 Å². The lowest BCUT2D eigenvalue weighted by atomic mass is 10.2. The third kappa shape index (κ3) is 3.65. The molecule has 0 radical (unpaired) electrons. The summed E-state index contributed by atoms with van der Waals surface area (Å²) in [6, 6.07) is 4.31. The number of rotatable bonds is 3. The third-order valence-electron chi connectivity index (χ3n) is 4.29. The standard InChI is InChI=1S/C16H23N3O2/c1-12-6-7-15(17-10-12)21-14-8-9-19(11-14)16(20)18-13-4-2-3-5-13/h6-7,10,13-14H,2-5,8-9,11H2,1H3,(H,18,20). The number of hydrogen-bond acceptors (Lipinski definition) is 3. The molecule has 3 rings (SSSR count). The van der Waals surface area contributed by atoms with Gasteiger partial charge in [-0.2, -0.15) is 0 Å². The van der Waals surface area contributed by atoms with E-state index in [2.05, 4.69) is 10.3 Å². The van der Waals surface area contributed by atoms with Gasteiger partial charge in [-0.15, -0.1) is 0 Å². The predicted molar refractivity (Wildman–Crippen MR) is 80.4 cm³/mol. The Morgan fingerprint density at radius 2 is 2.14 bits per heavy atom. The Hall–Kier alpha value is -1.78. The molecule has 1 unspecified atom stereocenters. The first-order chi connectivity index (χ1) is 10.2. The molecular formula is C16H23N3O2. The van der Waals surface area contributed by atoms with E-state index in [1.165, 1.54) is 12.8 Å². The van der Waals surface area contributed by atoms with Gasteiger partial charge in [0.25, 0.3) is 0 Å². The Bertz CT molecular complexity index is 483. The highest BCUT2D eigenvalue weighted by molar-refractivity contribution is 5.74. The first kappa shape index (κ1) is 14.2. The number of hydrogen-bond donors (Lipinski definition) is 1. The fourth-order valence-corrected chi connectivity index (χ4v) is 3.04. The highest BCUT2D eigenvalue weighted by atomic mass is 16.5. The molecule has 1 saturated carbocycles. The van der Waals surface area contributed by atoms with Crippen LogP contribution in [0.1, 0.15) is 37.7 Å². The zero-order valence-corrected chi connectivity index (χ0v) is 12.5. The molecule has 1 aromatic heterocycles. The van der Waals surface area contributed by atoms with Gasteiger partial charge in [0.2, 0.25) is 5.88 Å². The fourth-order valence-electron chi connectivity index (χ4n) is 3.04. The number of aromatic nitrogens is 1. The van der Waals surface area contributed by atoms with Gasteiger partial charge in [0.1, 0.15) is 6.10 Å². The number of amides is 2. The van der Waals surface area contributed by atoms with Crippen LogP contribution < -0.4 is 10.1 Å². The first-order valence-corrected chi connectivity index (χ1v) is 7.85. The highest BCUT2D eigenvalue weighted by Crippen LogP contribution is 2.20. The van der Waals surface area contributed by atoms with E-state index in [0.717, 1.165) is 31.4 Å². The predicted octanol–water partition coefficient (Wildman–Crippen LogP) is 2.50. The molecule has 2 heterocycles. The molecule has 0 bridgehead atoms. The molecule has 5 nitrogen and oxygen atoms in total. The summed E-state index contributed by atoms with van der Waals surface area (Å²) in [5, 5.41) is 3.13. The molecule has 2 fully saturated rings. The quantitative estimate of drug-likeness (QED) is 0.930. The average Bonchev–Trinajstić information content (AvgIpc) is 3.13. The van der Waals surface area contributed by atoms with Crippen molar-refractivity contribution in [3.8, 4) is 5.88 Å². The number of urea groups is 1. The van der Waals surface area contributed by atoms with Crippen molar-refractivity contribution in [2.75, 3.05) is 13.1 Å². The fraction of sp³-hybridized carbons (Fsp3) is 0.625. The van der Waals surface area contributed by atoms with E-state index in [-0.39, 0.29) is 12.1 Å². The average molecular weight is 289 g/mol. The molecule has 2 aliphatic rings. The Morgan fingerprint density at radius 1 is 1.33 bits per heavy atom. The van der Waals surface area contributed by atoms with Crippen LogP contribution in [0.3, 0.4) is 0 Å². The van der Waals surface area contributed by atoms with Gasteiger partial charge in [-0.3, -0.25) is 0 Å². The molecule has 1 aromatic rings. The van der Waals surface area contributed by atoms with Crippen LogP contribution in [-0.4, -0.2) is 41.2 Å². The van der Waals surface area contributed by atoms with Crippen molar-refractivity contribution in [3.05, 3.63) is 23.9 Å². The Balaban J connectivity index is 1.48. The lowest BCUT2D eigenvalue weighted by Crippen LogP contribution is -2.43. The number of nitrogens with zero attached hydrogens (tertiary/aromatic N) is 2. The first-order valence-electron chi connectivity index (χ1n) is 7.85. The van der Waals surface area contributed by atoms with Gasteiger partial charge >= 0.3 is 6.03 Å². The largest absolute Gasteiger partial charge is 0.472 e. The number of aryl methyl sites for hydroxylation is 1. The smallest absolute Gasteiger partial charge is 0.317 e. The zero-order chi connectivity index (χ0) is 14.7. The van der Waals surface area contributed by atoms with Crippen LogP contribution in [0.5, 0.6) is 5.88 Å². The second-order valence-electron chi connectivity index (χ2n) is 6.08. The Morgan fingerprint density at radius 3 is 2.86 bits per heavy atom.